The largest absolute Gasteiger partial charge is 0.448 e. The fraction of sp³-hybridized carbons (Fsp3) is 0.200. The summed E-state index contributed by atoms with van der Waals surface area (Å²) in [6.45, 7) is 3.35. The van der Waals surface area contributed by atoms with Gasteiger partial charge in [-0.25, -0.2) is 4.79 Å². The first-order valence-corrected chi connectivity index (χ1v) is 7.97. The van der Waals surface area contributed by atoms with Crippen molar-refractivity contribution in [1.29, 1.82) is 0 Å². The molecule has 0 aliphatic heterocycles. The molecule has 1 aromatic carbocycles. The minimum absolute atomic E-state index is 0.351. The topological polar surface area (TPSA) is 55.4 Å². The number of ether oxygens (including phenoxy) is 1. The van der Waals surface area contributed by atoms with Crippen molar-refractivity contribution in [2.45, 2.75) is 20.0 Å². The van der Waals surface area contributed by atoms with E-state index < -0.39 is 18.0 Å². The molecule has 1 amide bonds. The van der Waals surface area contributed by atoms with E-state index in [-0.39, 0.29) is 0 Å². The van der Waals surface area contributed by atoms with Gasteiger partial charge in [-0.1, -0.05) is 29.3 Å². The van der Waals surface area contributed by atoms with Gasteiger partial charge in [0.25, 0.3) is 5.91 Å². The van der Waals surface area contributed by atoms with E-state index in [1.54, 1.807) is 30.3 Å². The van der Waals surface area contributed by atoms with Crippen molar-refractivity contribution in [3.05, 3.63) is 50.1 Å². The molecular weight excluding hydrogens is 345 g/mol. The minimum Gasteiger partial charge on any atom is -0.448 e. The summed E-state index contributed by atoms with van der Waals surface area (Å²) in [5.41, 5.74) is 1.45. The van der Waals surface area contributed by atoms with Gasteiger partial charge in [0, 0.05) is 10.7 Å². The molecule has 1 N–H and O–H groups in total. The van der Waals surface area contributed by atoms with Crippen molar-refractivity contribution in [1.82, 2.24) is 0 Å². The summed E-state index contributed by atoms with van der Waals surface area (Å²) in [4.78, 5) is 24.3. The number of thiophene rings is 1. The number of nitrogens with one attached hydrogen (secondary N) is 1. The zero-order chi connectivity index (χ0) is 16.3. The Morgan fingerprint density at radius 2 is 1.95 bits per heavy atom. The second-order valence-electron chi connectivity index (χ2n) is 4.60. The van der Waals surface area contributed by atoms with Crippen LogP contribution in [0.5, 0.6) is 0 Å². The van der Waals surface area contributed by atoms with Crippen LogP contribution in [0.1, 0.15) is 22.2 Å². The first-order chi connectivity index (χ1) is 10.4. The van der Waals surface area contributed by atoms with E-state index in [1.807, 2.05) is 6.92 Å². The summed E-state index contributed by atoms with van der Waals surface area (Å²) in [6, 6.07) is 8.32. The second kappa shape index (κ2) is 7.13. The Morgan fingerprint density at radius 1 is 1.23 bits per heavy atom. The molecular formula is C15H13Cl2NO3S. The Bertz CT molecular complexity index is 715. The van der Waals surface area contributed by atoms with Gasteiger partial charge < -0.3 is 10.1 Å². The number of halogens is 2. The number of esters is 1. The number of amides is 1. The maximum Gasteiger partial charge on any atom is 0.349 e. The van der Waals surface area contributed by atoms with Gasteiger partial charge >= 0.3 is 5.97 Å². The van der Waals surface area contributed by atoms with Crippen LogP contribution in [-0.2, 0) is 9.53 Å². The van der Waals surface area contributed by atoms with Crippen molar-refractivity contribution < 1.29 is 14.3 Å². The molecule has 1 aromatic heterocycles. The third-order valence-electron chi connectivity index (χ3n) is 2.88. The van der Waals surface area contributed by atoms with Gasteiger partial charge in [0.15, 0.2) is 6.10 Å². The quantitative estimate of drug-likeness (QED) is 0.816. The van der Waals surface area contributed by atoms with Gasteiger partial charge in [0.05, 0.1) is 4.34 Å². The molecule has 0 radical (unpaired) electrons. The molecule has 2 aromatic rings. The lowest BCUT2D eigenvalue weighted by atomic mass is 10.2. The number of carbonyl (C=O) groups excluding carboxylic acids is 2. The molecule has 0 aliphatic carbocycles. The van der Waals surface area contributed by atoms with Gasteiger partial charge in [-0.3, -0.25) is 4.79 Å². The summed E-state index contributed by atoms with van der Waals surface area (Å²) in [6.07, 6.45) is -0.938. The average molecular weight is 358 g/mol. The number of aryl methyl sites for hydroxylation is 1. The van der Waals surface area contributed by atoms with E-state index in [9.17, 15) is 9.59 Å². The molecule has 7 heteroatoms. The van der Waals surface area contributed by atoms with Crippen LogP contribution < -0.4 is 5.32 Å². The molecule has 0 spiro atoms. The molecule has 2 rings (SSSR count). The van der Waals surface area contributed by atoms with Crippen molar-refractivity contribution >= 4 is 52.1 Å². The first-order valence-electron chi connectivity index (χ1n) is 6.40. The summed E-state index contributed by atoms with van der Waals surface area (Å²) in [7, 11) is 0. The number of carbonyl (C=O) groups is 2. The monoisotopic (exact) mass is 357 g/mol. The Labute approximate surface area is 142 Å². The maximum absolute atomic E-state index is 12.1. The molecule has 0 saturated carbocycles. The molecule has 22 heavy (non-hydrogen) atoms. The van der Waals surface area contributed by atoms with E-state index in [4.69, 9.17) is 27.9 Å². The lowest BCUT2D eigenvalue weighted by Crippen LogP contribution is -2.30. The van der Waals surface area contributed by atoms with Crippen LogP contribution in [-0.4, -0.2) is 18.0 Å². The number of benzene rings is 1. The lowest BCUT2D eigenvalue weighted by molar-refractivity contribution is -0.123. The van der Waals surface area contributed by atoms with Crippen molar-refractivity contribution in [3.63, 3.8) is 0 Å². The zero-order valence-corrected chi connectivity index (χ0v) is 14.2. The van der Waals surface area contributed by atoms with E-state index >= 15 is 0 Å². The van der Waals surface area contributed by atoms with Gasteiger partial charge in [-0.15, -0.1) is 11.3 Å². The van der Waals surface area contributed by atoms with Crippen molar-refractivity contribution in [3.8, 4) is 0 Å². The predicted molar refractivity (Wildman–Crippen MR) is 89.0 cm³/mol. The summed E-state index contributed by atoms with van der Waals surface area (Å²) < 4.78 is 5.61. The Balaban J connectivity index is 2.00. The SMILES string of the molecule is Cc1ccc(Cl)cc1NC(=O)C(C)OC(=O)c1ccc(Cl)s1. The third-order valence-corrected chi connectivity index (χ3v) is 4.33. The fourth-order valence-corrected chi connectivity index (χ4v) is 2.76. The maximum atomic E-state index is 12.1. The molecule has 0 bridgehead atoms. The highest BCUT2D eigenvalue weighted by molar-refractivity contribution is 7.17. The summed E-state index contributed by atoms with van der Waals surface area (Å²) in [5.74, 6) is -1.01. The lowest BCUT2D eigenvalue weighted by Gasteiger charge is -2.14. The zero-order valence-electron chi connectivity index (χ0n) is 11.9. The van der Waals surface area contributed by atoms with Gasteiger partial charge in [0.2, 0.25) is 0 Å². The average Bonchev–Trinajstić information content (AvgIpc) is 2.89. The molecule has 0 fully saturated rings. The highest BCUT2D eigenvalue weighted by Gasteiger charge is 2.20. The van der Waals surface area contributed by atoms with Crippen LogP contribution in [0.2, 0.25) is 9.36 Å². The first kappa shape index (κ1) is 16.8. The van der Waals surface area contributed by atoms with Crippen molar-refractivity contribution in [2.24, 2.45) is 0 Å². The third kappa shape index (κ3) is 4.22. The van der Waals surface area contributed by atoms with E-state index in [0.717, 1.165) is 16.9 Å². The van der Waals surface area contributed by atoms with E-state index in [1.165, 1.54) is 6.92 Å². The minimum atomic E-state index is -0.938. The normalized spacial score (nSPS) is 11.8. The second-order valence-corrected chi connectivity index (χ2v) is 6.75. The molecule has 116 valence electrons. The highest BCUT2D eigenvalue weighted by Crippen LogP contribution is 2.23. The fourth-order valence-electron chi connectivity index (χ4n) is 1.66. The highest BCUT2D eigenvalue weighted by atomic mass is 35.5. The Hall–Kier alpha value is -1.56. The molecule has 1 atom stereocenters. The predicted octanol–water partition coefficient (Wildman–Crippen LogP) is 4.55. The molecule has 0 saturated heterocycles. The van der Waals surface area contributed by atoms with Crippen LogP contribution >= 0.6 is 34.5 Å². The van der Waals surface area contributed by atoms with Crippen LogP contribution in [0.15, 0.2) is 30.3 Å². The summed E-state index contributed by atoms with van der Waals surface area (Å²) >= 11 is 12.8. The summed E-state index contributed by atoms with van der Waals surface area (Å²) in [5, 5.41) is 3.20. The number of rotatable bonds is 4. The smallest absolute Gasteiger partial charge is 0.349 e. The van der Waals surface area contributed by atoms with E-state index in [0.29, 0.717) is 19.9 Å². The van der Waals surface area contributed by atoms with E-state index in [2.05, 4.69) is 5.32 Å². The van der Waals surface area contributed by atoms with Gasteiger partial charge in [0.1, 0.15) is 4.88 Å². The van der Waals surface area contributed by atoms with Gasteiger partial charge in [-0.05, 0) is 43.7 Å². The molecule has 1 heterocycles. The van der Waals surface area contributed by atoms with Gasteiger partial charge in [-0.2, -0.15) is 0 Å². The van der Waals surface area contributed by atoms with Crippen LogP contribution in [0.25, 0.3) is 0 Å². The van der Waals surface area contributed by atoms with Crippen LogP contribution in [0.4, 0.5) is 5.69 Å². The van der Waals surface area contributed by atoms with Crippen LogP contribution in [0.3, 0.4) is 0 Å². The van der Waals surface area contributed by atoms with Crippen molar-refractivity contribution in [2.75, 3.05) is 5.32 Å². The Kier molecular flexibility index (Phi) is 5.45. The number of hydrogen-bond donors (Lipinski definition) is 1. The Morgan fingerprint density at radius 3 is 2.59 bits per heavy atom. The molecule has 4 nitrogen and oxygen atoms in total. The standard InChI is InChI=1S/C15H13Cl2NO3S/c1-8-3-4-10(16)7-11(8)18-14(19)9(2)21-15(20)12-5-6-13(17)22-12/h3-7,9H,1-2H3,(H,18,19). The number of anilines is 1. The molecule has 1 unspecified atom stereocenters. The van der Waals surface area contributed by atoms with Crippen LogP contribution in [0, 0.1) is 6.92 Å². The number of hydrogen-bond acceptors (Lipinski definition) is 4. The molecule has 0 aliphatic rings.